The lowest BCUT2D eigenvalue weighted by molar-refractivity contribution is -0.167. The molecule has 68 heavy (non-hydrogen) atoms. The van der Waals surface area contributed by atoms with Gasteiger partial charge in [-0.25, -0.2) is 0 Å². The summed E-state index contributed by atoms with van der Waals surface area (Å²) in [4.78, 5) is 38.2. The zero-order chi connectivity index (χ0) is 49.6. The molecular formula is C62H120O6. The second-order valence-electron chi connectivity index (χ2n) is 22.3. The third kappa shape index (κ3) is 55.3. The molecule has 6 heteroatoms. The summed E-state index contributed by atoms with van der Waals surface area (Å²) in [6.07, 6.45) is 59.5. The molecule has 0 fully saturated rings. The zero-order valence-electron chi connectivity index (χ0n) is 46.7. The largest absolute Gasteiger partial charge is 0.462 e. The van der Waals surface area contributed by atoms with Gasteiger partial charge in [0.25, 0.3) is 0 Å². The van der Waals surface area contributed by atoms with Crippen molar-refractivity contribution in [1.82, 2.24) is 0 Å². The van der Waals surface area contributed by atoms with Crippen LogP contribution in [0.3, 0.4) is 0 Å². The average Bonchev–Trinajstić information content (AvgIpc) is 3.31. The maximum Gasteiger partial charge on any atom is 0.306 e. The van der Waals surface area contributed by atoms with Crippen LogP contribution in [0.4, 0.5) is 0 Å². The molecule has 0 aromatic carbocycles. The molecule has 0 saturated carbocycles. The van der Waals surface area contributed by atoms with E-state index in [0.29, 0.717) is 19.3 Å². The van der Waals surface area contributed by atoms with Gasteiger partial charge in [0, 0.05) is 19.3 Å². The van der Waals surface area contributed by atoms with Gasteiger partial charge in [-0.05, 0) is 31.1 Å². The van der Waals surface area contributed by atoms with Crippen molar-refractivity contribution in [2.45, 2.75) is 355 Å². The summed E-state index contributed by atoms with van der Waals surface area (Å²) in [6, 6.07) is 0. The van der Waals surface area contributed by atoms with E-state index >= 15 is 0 Å². The molecule has 0 unspecified atom stereocenters. The number of esters is 3. The fraction of sp³-hybridized carbons (Fsp3) is 0.952. The second kappa shape index (κ2) is 54.7. The zero-order valence-corrected chi connectivity index (χ0v) is 46.7. The summed E-state index contributed by atoms with van der Waals surface area (Å²) in [5.41, 5.74) is 0. The van der Waals surface area contributed by atoms with Crippen LogP contribution in [0, 0.1) is 11.8 Å². The van der Waals surface area contributed by atoms with E-state index in [1.54, 1.807) is 0 Å². The Bertz CT molecular complexity index is 1040. The highest BCUT2D eigenvalue weighted by atomic mass is 16.6. The van der Waals surface area contributed by atoms with E-state index in [1.165, 1.54) is 238 Å². The lowest BCUT2D eigenvalue weighted by Crippen LogP contribution is -2.30. The quantitative estimate of drug-likeness (QED) is 0.0343. The van der Waals surface area contributed by atoms with Gasteiger partial charge in [-0.3, -0.25) is 14.4 Å². The molecule has 0 N–H and O–H groups in total. The predicted octanol–water partition coefficient (Wildman–Crippen LogP) is 20.4. The van der Waals surface area contributed by atoms with Crippen molar-refractivity contribution in [3.05, 3.63) is 0 Å². The minimum atomic E-state index is -0.763. The predicted molar refractivity (Wildman–Crippen MR) is 293 cm³/mol. The fourth-order valence-corrected chi connectivity index (χ4v) is 9.58. The Hall–Kier alpha value is -1.59. The second-order valence-corrected chi connectivity index (χ2v) is 22.3. The Morgan fingerprint density at radius 2 is 0.485 bits per heavy atom. The normalized spacial score (nSPS) is 12.0. The van der Waals surface area contributed by atoms with Crippen molar-refractivity contribution in [2.75, 3.05) is 13.2 Å². The standard InChI is InChI=1S/C62H120O6/c1-6-7-8-9-10-11-12-13-14-15-18-21-27-32-37-42-47-52-60(63)66-55-59(56-67-61(64)53-48-43-38-33-28-24-23-26-31-36-41-46-51-58(4)5)68-62(65)54-49-44-39-34-29-22-19-16-17-20-25-30-35-40-45-50-57(2)3/h57-59H,6-56H2,1-5H3/t59-/m1/s1. The van der Waals surface area contributed by atoms with Crippen LogP contribution < -0.4 is 0 Å². The SMILES string of the molecule is CCCCCCCCCCCCCCCCCCCC(=O)OC[C@H](COC(=O)CCCCCCCCCCCCCCC(C)C)OC(=O)CCCCCCCCCCCCCCCCCC(C)C. The Balaban J connectivity index is 4.29. The van der Waals surface area contributed by atoms with Gasteiger partial charge in [-0.1, -0.05) is 311 Å². The molecular weight excluding hydrogens is 841 g/mol. The lowest BCUT2D eigenvalue weighted by atomic mass is 10.0. The minimum Gasteiger partial charge on any atom is -0.462 e. The van der Waals surface area contributed by atoms with Crippen molar-refractivity contribution in [1.29, 1.82) is 0 Å². The summed E-state index contributed by atoms with van der Waals surface area (Å²) in [5.74, 6) is 0.847. The molecule has 0 aliphatic heterocycles. The Morgan fingerprint density at radius 3 is 0.721 bits per heavy atom. The summed E-state index contributed by atoms with van der Waals surface area (Å²) in [5, 5.41) is 0. The molecule has 6 nitrogen and oxygen atoms in total. The van der Waals surface area contributed by atoms with Crippen LogP contribution in [-0.2, 0) is 28.6 Å². The van der Waals surface area contributed by atoms with Crippen LogP contribution in [0.5, 0.6) is 0 Å². The summed E-state index contributed by atoms with van der Waals surface area (Å²) in [6.45, 7) is 11.4. The van der Waals surface area contributed by atoms with E-state index in [4.69, 9.17) is 14.2 Å². The van der Waals surface area contributed by atoms with Crippen LogP contribution in [-0.4, -0.2) is 37.2 Å². The molecule has 0 rings (SSSR count). The van der Waals surface area contributed by atoms with Gasteiger partial charge in [0.1, 0.15) is 13.2 Å². The monoisotopic (exact) mass is 961 g/mol. The van der Waals surface area contributed by atoms with Crippen LogP contribution >= 0.6 is 0 Å². The van der Waals surface area contributed by atoms with Gasteiger partial charge >= 0.3 is 17.9 Å². The smallest absolute Gasteiger partial charge is 0.306 e. The van der Waals surface area contributed by atoms with E-state index in [0.717, 1.165) is 69.6 Å². The summed E-state index contributed by atoms with van der Waals surface area (Å²) < 4.78 is 16.9. The van der Waals surface area contributed by atoms with E-state index in [9.17, 15) is 14.4 Å². The first-order chi connectivity index (χ1) is 33.2. The average molecular weight is 962 g/mol. The van der Waals surface area contributed by atoms with Crippen LogP contribution in [0.2, 0.25) is 0 Å². The van der Waals surface area contributed by atoms with E-state index in [2.05, 4.69) is 34.6 Å². The van der Waals surface area contributed by atoms with Crippen LogP contribution in [0.15, 0.2) is 0 Å². The molecule has 0 radical (unpaired) electrons. The molecule has 0 aliphatic rings. The van der Waals surface area contributed by atoms with E-state index in [-0.39, 0.29) is 31.1 Å². The van der Waals surface area contributed by atoms with E-state index in [1.807, 2.05) is 0 Å². The molecule has 0 aromatic rings. The van der Waals surface area contributed by atoms with E-state index < -0.39 is 6.10 Å². The van der Waals surface area contributed by atoms with Crippen molar-refractivity contribution in [3.8, 4) is 0 Å². The summed E-state index contributed by atoms with van der Waals surface area (Å²) >= 11 is 0. The Kier molecular flexibility index (Phi) is 53.5. The van der Waals surface area contributed by atoms with Crippen molar-refractivity contribution in [2.24, 2.45) is 11.8 Å². The lowest BCUT2D eigenvalue weighted by Gasteiger charge is -2.18. The maximum absolute atomic E-state index is 12.9. The number of hydrogen-bond donors (Lipinski definition) is 0. The Labute approximate surface area is 425 Å². The maximum atomic E-state index is 12.9. The molecule has 0 bridgehead atoms. The highest BCUT2D eigenvalue weighted by molar-refractivity contribution is 5.71. The third-order valence-electron chi connectivity index (χ3n) is 14.2. The van der Waals surface area contributed by atoms with Gasteiger partial charge < -0.3 is 14.2 Å². The molecule has 0 saturated heterocycles. The van der Waals surface area contributed by atoms with Crippen LogP contribution in [0.1, 0.15) is 349 Å². The highest BCUT2D eigenvalue weighted by Gasteiger charge is 2.19. The molecule has 0 heterocycles. The molecule has 0 aromatic heterocycles. The number of unbranched alkanes of at least 4 members (excludes halogenated alkanes) is 41. The number of ether oxygens (including phenoxy) is 3. The molecule has 0 aliphatic carbocycles. The molecule has 1 atom stereocenters. The van der Waals surface area contributed by atoms with Crippen LogP contribution in [0.25, 0.3) is 0 Å². The minimum absolute atomic E-state index is 0.0621. The molecule has 0 amide bonds. The van der Waals surface area contributed by atoms with Gasteiger partial charge in [-0.15, -0.1) is 0 Å². The fourth-order valence-electron chi connectivity index (χ4n) is 9.58. The number of rotatable bonds is 56. The summed E-state index contributed by atoms with van der Waals surface area (Å²) in [7, 11) is 0. The first kappa shape index (κ1) is 66.4. The van der Waals surface area contributed by atoms with Gasteiger partial charge in [-0.2, -0.15) is 0 Å². The number of carbonyl (C=O) groups is 3. The van der Waals surface area contributed by atoms with Gasteiger partial charge in [0.15, 0.2) is 6.10 Å². The topological polar surface area (TPSA) is 78.9 Å². The van der Waals surface area contributed by atoms with Crippen molar-refractivity contribution >= 4 is 17.9 Å². The van der Waals surface area contributed by atoms with Crippen molar-refractivity contribution in [3.63, 3.8) is 0 Å². The molecule has 0 spiro atoms. The van der Waals surface area contributed by atoms with Gasteiger partial charge in [0.05, 0.1) is 0 Å². The van der Waals surface area contributed by atoms with Crippen molar-refractivity contribution < 1.29 is 28.6 Å². The highest BCUT2D eigenvalue weighted by Crippen LogP contribution is 2.19. The first-order valence-corrected chi connectivity index (χ1v) is 30.7. The third-order valence-corrected chi connectivity index (χ3v) is 14.2. The molecule has 404 valence electrons. The number of hydrogen-bond acceptors (Lipinski definition) is 6. The first-order valence-electron chi connectivity index (χ1n) is 30.7. The number of carbonyl (C=O) groups excluding carboxylic acids is 3. The van der Waals surface area contributed by atoms with Gasteiger partial charge in [0.2, 0.25) is 0 Å². The Morgan fingerprint density at radius 1 is 0.279 bits per heavy atom.